The number of hydrogen-bond acceptors (Lipinski definition) is 2. The number of phenols is 1. The zero-order valence-electron chi connectivity index (χ0n) is 9.87. The normalized spacial score (nSPS) is 10.4. The number of anilines is 1. The Hall–Kier alpha value is -2.10. The standard InChI is InChI=1S/C14H13F2NO/c1-9-2-3-14(18)10(4-9)8-17-13-6-11(15)5-12(16)7-13/h2-7,17-18H,8H2,1H3. The largest absolute Gasteiger partial charge is 0.508 e. The summed E-state index contributed by atoms with van der Waals surface area (Å²) >= 11 is 0. The van der Waals surface area contributed by atoms with Gasteiger partial charge in [-0.15, -0.1) is 0 Å². The van der Waals surface area contributed by atoms with E-state index in [9.17, 15) is 13.9 Å². The number of nitrogens with one attached hydrogen (secondary N) is 1. The minimum absolute atomic E-state index is 0.157. The molecule has 2 aromatic rings. The first-order valence-electron chi connectivity index (χ1n) is 5.53. The predicted octanol–water partition coefficient (Wildman–Crippen LogP) is 3.59. The van der Waals surface area contributed by atoms with Crippen molar-refractivity contribution in [2.24, 2.45) is 0 Å². The molecule has 0 spiro atoms. The zero-order valence-corrected chi connectivity index (χ0v) is 9.87. The lowest BCUT2D eigenvalue weighted by molar-refractivity contribution is 0.469. The highest BCUT2D eigenvalue weighted by molar-refractivity contribution is 5.46. The zero-order chi connectivity index (χ0) is 13.1. The Bertz CT molecular complexity index is 549. The second-order valence-electron chi connectivity index (χ2n) is 4.14. The second kappa shape index (κ2) is 5.04. The van der Waals surface area contributed by atoms with E-state index < -0.39 is 11.6 Å². The molecule has 2 aromatic carbocycles. The monoisotopic (exact) mass is 249 g/mol. The van der Waals surface area contributed by atoms with Gasteiger partial charge in [0.05, 0.1) is 0 Å². The molecular weight excluding hydrogens is 236 g/mol. The van der Waals surface area contributed by atoms with E-state index in [-0.39, 0.29) is 5.75 Å². The Morgan fingerprint density at radius 2 is 1.72 bits per heavy atom. The summed E-state index contributed by atoms with van der Waals surface area (Å²) in [5, 5.41) is 12.5. The SMILES string of the molecule is Cc1ccc(O)c(CNc2cc(F)cc(F)c2)c1. The van der Waals surface area contributed by atoms with Crippen molar-refractivity contribution in [2.75, 3.05) is 5.32 Å². The van der Waals surface area contributed by atoms with Crippen LogP contribution < -0.4 is 5.32 Å². The first kappa shape index (κ1) is 12.4. The van der Waals surface area contributed by atoms with Crippen LogP contribution in [0, 0.1) is 18.6 Å². The summed E-state index contributed by atoms with van der Waals surface area (Å²) in [4.78, 5) is 0. The minimum atomic E-state index is -0.633. The van der Waals surface area contributed by atoms with Crippen LogP contribution in [-0.4, -0.2) is 5.11 Å². The van der Waals surface area contributed by atoms with Gasteiger partial charge in [0.1, 0.15) is 17.4 Å². The molecule has 0 saturated carbocycles. The van der Waals surface area contributed by atoms with E-state index in [0.717, 1.165) is 11.6 Å². The third-order valence-corrected chi connectivity index (χ3v) is 2.58. The number of halogens is 2. The van der Waals surface area contributed by atoms with Crippen molar-refractivity contribution >= 4 is 5.69 Å². The van der Waals surface area contributed by atoms with Crippen molar-refractivity contribution in [2.45, 2.75) is 13.5 Å². The summed E-state index contributed by atoms with van der Waals surface area (Å²) in [7, 11) is 0. The summed E-state index contributed by atoms with van der Waals surface area (Å²) in [6.07, 6.45) is 0. The molecule has 2 nitrogen and oxygen atoms in total. The van der Waals surface area contributed by atoms with Crippen LogP contribution in [0.1, 0.15) is 11.1 Å². The van der Waals surface area contributed by atoms with Gasteiger partial charge in [-0.3, -0.25) is 0 Å². The molecule has 18 heavy (non-hydrogen) atoms. The average molecular weight is 249 g/mol. The smallest absolute Gasteiger partial charge is 0.128 e. The Morgan fingerprint density at radius 1 is 1.06 bits per heavy atom. The molecule has 0 unspecified atom stereocenters. The van der Waals surface area contributed by atoms with Gasteiger partial charge in [0.15, 0.2) is 0 Å². The van der Waals surface area contributed by atoms with Crippen molar-refractivity contribution in [3.63, 3.8) is 0 Å². The van der Waals surface area contributed by atoms with E-state index in [2.05, 4.69) is 5.32 Å². The maximum absolute atomic E-state index is 13.0. The van der Waals surface area contributed by atoms with E-state index in [4.69, 9.17) is 0 Å². The highest BCUT2D eigenvalue weighted by Crippen LogP contribution is 2.20. The first-order valence-corrected chi connectivity index (χ1v) is 5.53. The van der Waals surface area contributed by atoms with Crippen LogP contribution in [0.25, 0.3) is 0 Å². The van der Waals surface area contributed by atoms with E-state index in [1.54, 1.807) is 12.1 Å². The number of aryl methyl sites for hydroxylation is 1. The van der Waals surface area contributed by atoms with Crippen LogP contribution in [-0.2, 0) is 6.54 Å². The third-order valence-electron chi connectivity index (χ3n) is 2.58. The molecule has 0 fully saturated rings. The number of aromatic hydroxyl groups is 1. The summed E-state index contributed by atoms with van der Waals surface area (Å²) in [6, 6.07) is 8.43. The molecule has 4 heteroatoms. The van der Waals surface area contributed by atoms with Gasteiger partial charge < -0.3 is 10.4 Å². The number of benzene rings is 2. The molecule has 0 amide bonds. The Kier molecular flexibility index (Phi) is 3.46. The van der Waals surface area contributed by atoms with Crippen molar-refractivity contribution in [1.29, 1.82) is 0 Å². The number of hydrogen-bond donors (Lipinski definition) is 2. The van der Waals surface area contributed by atoms with Gasteiger partial charge in [-0.2, -0.15) is 0 Å². The van der Waals surface area contributed by atoms with E-state index in [1.807, 2.05) is 13.0 Å². The second-order valence-corrected chi connectivity index (χ2v) is 4.14. The molecule has 0 radical (unpaired) electrons. The maximum atomic E-state index is 13.0. The fourth-order valence-corrected chi connectivity index (χ4v) is 1.71. The molecule has 0 aliphatic rings. The molecule has 0 aliphatic carbocycles. The van der Waals surface area contributed by atoms with E-state index in [0.29, 0.717) is 17.8 Å². The predicted molar refractivity (Wildman–Crippen MR) is 66.5 cm³/mol. The Balaban J connectivity index is 2.13. The van der Waals surface area contributed by atoms with Crippen LogP contribution in [0.4, 0.5) is 14.5 Å². The molecule has 2 N–H and O–H groups in total. The van der Waals surface area contributed by atoms with Crippen molar-refractivity contribution in [3.8, 4) is 5.75 Å². The topological polar surface area (TPSA) is 32.3 Å². The van der Waals surface area contributed by atoms with Crippen molar-refractivity contribution in [3.05, 3.63) is 59.2 Å². The highest BCUT2D eigenvalue weighted by atomic mass is 19.1. The van der Waals surface area contributed by atoms with Crippen LogP contribution in [0.3, 0.4) is 0 Å². The van der Waals surface area contributed by atoms with Crippen LogP contribution in [0.5, 0.6) is 5.75 Å². The molecule has 0 aliphatic heterocycles. The maximum Gasteiger partial charge on any atom is 0.128 e. The molecule has 2 rings (SSSR count). The van der Waals surface area contributed by atoms with Gasteiger partial charge in [0.25, 0.3) is 0 Å². The van der Waals surface area contributed by atoms with Gasteiger partial charge in [-0.25, -0.2) is 8.78 Å². The summed E-state index contributed by atoms with van der Waals surface area (Å²) in [5.41, 5.74) is 2.03. The third kappa shape index (κ3) is 2.97. The summed E-state index contributed by atoms with van der Waals surface area (Å²) < 4.78 is 25.9. The molecular formula is C14H13F2NO. The summed E-state index contributed by atoms with van der Waals surface area (Å²) in [6.45, 7) is 2.21. The van der Waals surface area contributed by atoms with Gasteiger partial charge >= 0.3 is 0 Å². The van der Waals surface area contributed by atoms with Crippen LogP contribution in [0.2, 0.25) is 0 Å². The number of phenolic OH excluding ortho intramolecular Hbond substituents is 1. The number of rotatable bonds is 3. The first-order chi connectivity index (χ1) is 8.54. The van der Waals surface area contributed by atoms with E-state index >= 15 is 0 Å². The molecule has 0 heterocycles. The quantitative estimate of drug-likeness (QED) is 0.871. The van der Waals surface area contributed by atoms with Crippen LogP contribution in [0.15, 0.2) is 36.4 Å². The van der Waals surface area contributed by atoms with Crippen molar-refractivity contribution < 1.29 is 13.9 Å². The van der Waals surface area contributed by atoms with Gasteiger partial charge in [0, 0.05) is 23.9 Å². The lowest BCUT2D eigenvalue weighted by Crippen LogP contribution is -2.01. The lowest BCUT2D eigenvalue weighted by atomic mass is 10.1. The fourth-order valence-electron chi connectivity index (χ4n) is 1.71. The van der Waals surface area contributed by atoms with Gasteiger partial charge in [-0.1, -0.05) is 17.7 Å². The average Bonchev–Trinajstić information content (AvgIpc) is 2.29. The Labute approximate surface area is 104 Å². The molecule has 0 aromatic heterocycles. The highest BCUT2D eigenvalue weighted by Gasteiger charge is 2.03. The van der Waals surface area contributed by atoms with Crippen LogP contribution >= 0.6 is 0 Å². The van der Waals surface area contributed by atoms with Gasteiger partial charge in [0.2, 0.25) is 0 Å². The molecule has 0 atom stereocenters. The Morgan fingerprint density at radius 3 is 2.39 bits per heavy atom. The summed E-state index contributed by atoms with van der Waals surface area (Å²) in [5.74, 6) is -1.11. The lowest BCUT2D eigenvalue weighted by Gasteiger charge is -2.09. The minimum Gasteiger partial charge on any atom is -0.508 e. The molecule has 0 saturated heterocycles. The fraction of sp³-hybridized carbons (Fsp3) is 0.143. The molecule has 94 valence electrons. The van der Waals surface area contributed by atoms with Crippen molar-refractivity contribution in [1.82, 2.24) is 0 Å². The molecule has 0 bridgehead atoms. The van der Waals surface area contributed by atoms with E-state index in [1.165, 1.54) is 12.1 Å². The van der Waals surface area contributed by atoms with Gasteiger partial charge in [-0.05, 0) is 25.1 Å².